The molecule has 4 aliphatic heterocycles. The molecule has 9 nitrogen and oxygen atoms in total. The molecular weight excluding hydrogens is 618 g/mol. The minimum Gasteiger partial charge on any atom is -0.508 e. The summed E-state index contributed by atoms with van der Waals surface area (Å²) in [5.74, 6) is 1.08. The van der Waals surface area contributed by atoms with Crippen LogP contribution in [0.1, 0.15) is 107 Å². The van der Waals surface area contributed by atoms with Crippen LogP contribution in [-0.4, -0.2) is 84.3 Å². The number of nitrogens with one attached hydrogen (secondary N) is 2. The van der Waals surface area contributed by atoms with Gasteiger partial charge in [-0.25, -0.2) is 0 Å². The van der Waals surface area contributed by atoms with E-state index >= 15 is 0 Å². The molecular formula is C40H60N3O6+. The van der Waals surface area contributed by atoms with E-state index in [1.165, 1.54) is 107 Å². The Labute approximate surface area is 293 Å². The summed E-state index contributed by atoms with van der Waals surface area (Å²) in [6, 6.07) is 13.2. The van der Waals surface area contributed by atoms with Crippen LogP contribution in [0.5, 0.6) is 11.5 Å². The fraction of sp³-hybridized carbons (Fsp3) is 0.675. The van der Waals surface area contributed by atoms with Crippen molar-refractivity contribution < 1.29 is 34.1 Å². The van der Waals surface area contributed by atoms with Crippen LogP contribution < -0.4 is 15.4 Å². The van der Waals surface area contributed by atoms with Gasteiger partial charge < -0.3 is 39.9 Å². The van der Waals surface area contributed by atoms with Gasteiger partial charge in [-0.2, -0.15) is 0 Å². The van der Waals surface area contributed by atoms with Crippen LogP contribution >= 0.6 is 0 Å². The second-order valence-electron chi connectivity index (χ2n) is 15.5. The number of phenols is 1. The van der Waals surface area contributed by atoms with Crippen LogP contribution in [0.15, 0.2) is 42.5 Å². The number of nitrogens with zero attached hydrogens (tertiary/aromatic N) is 1. The number of hydrogen-bond donors (Lipinski definition) is 5. The number of rotatable bonds is 19. The van der Waals surface area contributed by atoms with Gasteiger partial charge in [0.15, 0.2) is 6.61 Å². The molecule has 1 aliphatic carbocycles. The highest BCUT2D eigenvalue weighted by molar-refractivity contribution is 5.96. The van der Waals surface area contributed by atoms with Crippen LogP contribution in [0.2, 0.25) is 0 Å². The Morgan fingerprint density at radius 1 is 0.959 bits per heavy atom. The van der Waals surface area contributed by atoms with Gasteiger partial charge >= 0.3 is 0 Å². The number of ether oxygens (including phenoxy) is 2. The summed E-state index contributed by atoms with van der Waals surface area (Å²) in [4.78, 5) is 11.6. The van der Waals surface area contributed by atoms with Crippen molar-refractivity contribution in [3.63, 3.8) is 0 Å². The molecule has 49 heavy (non-hydrogen) atoms. The van der Waals surface area contributed by atoms with Crippen molar-refractivity contribution in [3.05, 3.63) is 53.6 Å². The number of phenolic OH excluding ortho intramolecular Hbond substituents is 1. The van der Waals surface area contributed by atoms with Gasteiger partial charge in [-0.1, -0.05) is 75.3 Å². The number of benzene rings is 2. The molecule has 1 amide bonds. The maximum absolute atomic E-state index is 12.0. The molecule has 0 radical (unpaired) electrons. The summed E-state index contributed by atoms with van der Waals surface area (Å²) in [6.45, 7) is 6.49. The number of quaternary nitrogens is 1. The van der Waals surface area contributed by atoms with Crippen LogP contribution in [0.4, 0.5) is 5.69 Å². The molecule has 270 valence electrons. The van der Waals surface area contributed by atoms with Gasteiger partial charge in [0.25, 0.3) is 5.91 Å². The number of anilines is 1. The first-order valence-corrected chi connectivity index (χ1v) is 19.3. The van der Waals surface area contributed by atoms with Crippen molar-refractivity contribution in [2.45, 2.75) is 108 Å². The molecule has 4 fully saturated rings. The number of amides is 1. The average molecular weight is 679 g/mol. The van der Waals surface area contributed by atoms with Crippen molar-refractivity contribution in [1.82, 2.24) is 5.32 Å². The Bertz CT molecular complexity index is 1340. The molecule has 2 aromatic rings. The molecule has 5 N–H and O–H groups in total. The molecule has 1 saturated carbocycles. The molecule has 5 aliphatic rings. The van der Waals surface area contributed by atoms with Crippen LogP contribution in [0, 0.1) is 11.8 Å². The summed E-state index contributed by atoms with van der Waals surface area (Å²) in [5, 5.41) is 38.7. The number of hydrogen-bond acceptors (Lipinski definition) is 7. The second-order valence-corrected chi connectivity index (χ2v) is 15.5. The predicted octanol–water partition coefficient (Wildman–Crippen LogP) is 6.17. The van der Waals surface area contributed by atoms with Crippen molar-refractivity contribution in [2.24, 2.45) is 11.8 Å². The molecule has 1 unspecified atom stereocenters. The molecule has 7 rings (SSSR count). The molecule has 2 aromatic carbocycles. The summed E-state index contributed by atoms with van der Waals surface area (Å²) in [5.41, 5.74) is 1.03. The molecule has 4 heterocycles. The van der Waals surface area contributed by atoms with E-state index in [2.05, 4.69) is 22.8 Å². The Morgan fingerprint density at radius 2 is 1.65 bits per heavy atom. The molecule has 3 atom stereocenters. The third-order valence-corrected chi connectivity index (χ3v) is 12.0. The van der Waals surface area contributed by atoms with E-state index in [0.29, 0.717) is 42.0 Å². The number of piperidine rings is 3. The van der Waals surface area contributed by atoms with Gasteiger partial charge in [0.2, 0.25) is 0 Å². The number of carbonyl (C=O) groups is 1. The molecule has 3 saturated heterocycles. The zero-order chi connectivity index (χ0) is 34.1. The number of aliphatic hydroxyl groups is 2. The average Bonchev–Trinajstić information content (AvgIpc) is 3.67. The molecule has 9 heteroatoms. The smallest absolute Gasteiger partial charge is 0.262 e. The van der Waals surface area contributed by atoms with Gasteiger partial charge in [0, 0.05) is 36.9 Å². The molecule has 0 aromatic heterocycles. The van der Waals surface area contributed by atoms with Crippen molar-refractivity contribution in [1.29, 1.82) is 0 Å². The van der Waals surface area contributed by atoms with E-state index in [9.17, 15) is 20.1 Å². The lowest BCUT2D eigenvalue weighted by molar-refractivity contribution is -0.946. The van der Waals surface area contributed by atoms with Crippen molar-refractivity contribution >= 4 is 11.6 Å². The summed E-state index contributed by atoms with van der Waals surface area (Å²) >= 11 is 0. The Morgan fingerprint density at radius 3 is 2.39 bits per heavy atom. The Kier molecular flexibility index (Phi) is 12.5. The highest BCUT2D eigenvalue weighted by Gasteiger charge is 2.48. The fourth-order valence-corrected chi connectivity index (χ4v) is 9.09. The largest absolute Gasteiger partial charge is 0.508 e. The number of unbranched alkanes of at least 4 members (excludes halogenated alkanes) is 7. The molecule has 2 bridgehead atoms. The fourth-order valence-electron chi connectivity index (χ4n) is 9.09. The quantitative estimate of drug-likeness (QED) is 0.0891. The van der Waals surface area contributed by atoms with Crippen LogP contribution in [-0.2, 0) is 15.1 Å². The highest BCUT2D eigenvalue weighted by atomic mass is 16.5. The minimum absolute atomic E-state index is 0.0135. The maximum atomic E-state index is 12.0. The van der Waals surface area contributed by atoms with Crippen LogP contribution in [0.3, 0.4) is 0 Å². The SMILES string of the molecule is O=C1COc2c(cc(O)cc2[C@@H](O)CNCCCCCCCCCC[N+]23CCC(CC2)[C@@H](OCC(O)(c2ccccc2)C2CCCC2)C3)N1. The van der Waals surface area contributed by atoms with E-state index in [0.717, 1.165) is 37.9 Å². The van der Waals surface area contributed by atoms with E-state index < -0.39 is 11.7 Å². The lowest BCUT2D eigenvalue weighted by Crippen LogP contribution is -2.64. The standard InChI is InChI=1S/C40H59N3O6/c44-33-24-34(39-35(25-33)42-38(46)28-48-39)36(45)26-41-20-12-5-3-1-2-4-6-13-21-43-22-18-30(19-23-43)37(27-43)49-29-40(47,32-16-10-11-17-32)31-14-8-7-9-15-31/h7-9,14-15,24-25,30,32,36-37,41,45,47H,1-6,10-13,16-23,26-29H2,(H-,42,44,46)/p+1/t30?,36-,37-,40?,43?/m0/s1. The lowest BCUT2D eigenvalue weighted by atomic mass is 9.80. The van der Waals surface area contributed by atoms with E-state index in [4.69, 9.17) is 9.47 Å². The van der Waals surface area contributed by atoms with Gasteiger partial charge in [-0.15, -0.1) is 0 Å². The number of carbonyl (C=O) groups excluding carboxylic acids is 1. The third kappa shape index (κ3) is 9.16. The summed E-state index contributed by atoms with van der Waals surface area (Å²) in [6.07, 6.45) is 16.5. The zero-order valence-electron chi connectivity index (χ0n) is 29.4. The van der Waals surface area contributed by atoms with Gasteiger partial charge in [-0.05, 0) is 56.2 Å². The monoisotopic (exact) mass is 678 g/mol. The zero-order valence-corrected chi connectivity index (χ0v) is 29.4. The van der Waals surface area contributed by atoms with E-state index in [-0.39, 0.29) is 24.4 Å². The first-order chi connectivity index (χ1) is 23.9. The Balaban J connectivity index is 0.829. The molecule has 0 spiro atoms. The minimum atomic E-state index is -0.875. The highest BCUT2D eigenvalue weighted by Crippen LogP contribution is 2.43. The number of aromatic hydroxyl groups is 1. The third-order valence-electron chi connectivity index (χ3n) is 12.0. The van der Waals surface area contributed by atoms with Gasteiger partial charge in [0.05, 0.1) is 38.0 Å². The maximum Gasteiger partial charge on any atom is 0.262 e. The number of aliphatic hydroxyl groups excluding tert-OH is 1. The first-order valence-electron chi connectivity index (χ1n) is 19.3. The summed E-state index contributed by atoms with van der Waals surface area (Å²) < 4.78 is 13.5. The lowest BCUT2D eigenvalue weighted by Gasteiger charge is -2.53. The normalized spacial score (nSPS) is 25.4. The second kappa shape index (κ2) is 17.0. The van der Waals surface area contributed by atoms with Crippen molar-refractivity contribution in [2.75, 3.05) is 57.8 Å². The number of fused-ring (bicyclic) bond motifs is 4. The predicted molar refractivity (Wildman–Crippen MR) is 191 cm³/mol. The van der Waals surface area contributed by atoms with Crippen molar-refractivity contribution in [3.8, 4) is 11.5 Å². The van der Waals surface area contributed by atoms with Crippen LogP contribution in [0.25, 0.3) is 0 Å². The topological polar surface area (TPSA) is 120 Å². The van der Waals surface area contributed by atoms with E-state index in [1.54, 1.807) is 0 Å². The Hall–Kier alpha value is -2.69. The van der Waals surface area contributed by atoms with E-state index in [1.807, 2.05) is 18.2 Å². The van der Waals surface area contributed by atoms with Gasteiger partial charge in [-0.3, -0.25) is 4.79 Å². The summed E-state index contributed by atoms with van der Waals surface area (Å²) in [7, 11) is 0. The first kappa shape index (κ1) is 36.1. The van der Waals surface area contributed by atoms with Gasteiger partial charge in [0.1, 0.15) is 29.7 Å².